The molecular formula is C31H30N2O7S. The van der Waals surface area contributed by atoms with E-state index in [4.69, 9.17) is 9.15 Å². The van der Waals surface area contributed by atoms with Crippen LogP contribution in [0.1, 0.15) is 41.6 Å². The summed E-state index contributed by atoms with van der Waals surface area (Å²) in [6.45, 7) is 1.33. The molecular weight excluding hydrogens is 544 g/mol. The van der Waals surface area contributed by atoms with Gasteiger partial charge in [0.25, 0.3) is 5.91 Å². The molecule has 0 radical (unpaired) electrons. The maximum absolute atomic E-state index is 13.8. The van der Waals surface area contributed by atoms with E-state index in [-0.39, 0.29) is 29.6 Å². The van der Waals surface area contributed by atoms with Crippen molar-refractivity contribution in [1.29, 1.82) is 0 Å². The molecule has 0 aliphatic carbocycles. The minimum absolute atomic E-state index is 0.0518. The Labute approximate surface area is 237 Å². The molecule has 3 heterocycles. The zero-order valence-electron chi connectivity index (χ0n) is 22.7. The highest BCUT2D eigenvalue weighted by Crippen LogP contribution is 2.39. The van der Waals surface area contributed by atoms with Crippen LogP contribution in [-0.2, 0) is 26.0 Å². The topological polar surface area (TPSA) is 114 Å². The average molecular weight is 575 g/mol. The molecule has 4 aromatic rings. The Kier molecular flexibility index (Phi) is 7.23. The van der Waals surface area contributed by atoms with Crippen LogP contribution in [-0.4, -0.2) is 57.3 Å². The Morgan fingerprint density at radius 2 is 1.90 bits per heavy atom. The van der Waals surface area contributed by atoms with Crippen LogP contribution in [0.4, 0.5) is 5.69 Å². The van der Waals surface area contributed by atoms with Crippen LogP contribution >= 0.6 is 0 Å². The molecule has 0 saturated carbocycles. The Morgan fingerprint density at radius 3 is 2.73 bits per heavy atom. The number of piperidine rings is 1. The molecule has 1 fully saturated rings. The number of nitrogens with zero attached hydrogens (tertiary/aromatic N) is 2. The van der Waals surface area contributed by atoms with Gasteiger partial charge in [0, 0.05) is 55.6 Å². The second kappa shape index (κ2) is 10.8. The fourth-order valence-corrected chi connectivity index (χ4v) is 7.73. The maximum Gasteiger partial charge on any atom is 0.336 e. The van der Waals surface area contributed by atoms with Crippen molar-refractivity contribution >= 4 is 49.1 Å². The molecule has 9 nitrogen and oxygen atoms in total. The number of methoxy groups -OCH3 is 1. The molecule has 0 N–H and O–H groups in total. The SMILES string of the molecule is COCCCN1C(=O)c2cccc3c(CC(=O)C4CCCCN4S(=O)(=O)c4ccc5oc(=O)ccc5c4)ccc1c23. The Morgan fingerprint density at radius 1 is 1.05 bits per heavy atom. The van der Waals surface area contributed by atoms with E-state index in [0.29, 0.717) is 48.9 Å². The predicted molar refractivity (Wildman–Crippen MR) is 155 cm³/mol. The summed E-state index contributed by atoms with van der Waals surface area (Å²) in [4.78, 5) is 40.3. The second-order valence-electron chi connectivity index (χ2n) is 10.5. The van der Waals surface area contributed by atoms with Crippen LogP contribution in [0.5, 0.6) is 0 Å². The lowest BCUT2D eigenvalue weighted by atomic mass is 9.93. The van der Waals surface area contributed by atoms with Gasteiger partial charge in [-0.25, -0.2) is 13.2 Å². The average Bonchev–Trinajstić information content (AvgIpc) is 3.25. The van der Waals surface area contributed by atoms with Crippen molar-refractivity contribution in [3.8, 4) is 0 Å². The fourth-order valence-electron chi connectivity index (χ4n) is 6.02. The summed E-state index contributed by atoms with van der Waals surface area (Å²) < 4.78 is 39.2. The molecule has 1 atom stereocenters. The van der Waals surface area contributed by atoms with Crippen molar-refractivity contribution in [2.45, 2.75) is 43.0 Å². The number of carbonyl (C=O) groups excluding carboxylic acids is 2. The van der Waals surface area contributed by atoms with Gasteiger partial charge in [0.2, 0.25) is 10.0 Å². The van der Waals surface area contributed by atoms with Gasteiger partial charge in [0.05, 0.1) is 16.6 Å². The molecule has 1 aromatic heterocycles. The van der Waals surface area contributed by atoms with Gasteiger partial charge in [0.1, 0.15) is 5.58 Å². The Bertz CT molecular complexity index is 1850. The molecule has 0 bridgehead atoms. The maximum atomic E-state index is 13.8. The van der Waals surface area contributed by atoms with Crippen molar-refractivity contribution in [2.75, 3.05) is 31.7 Å². The van der Waals surface area contributed by atoms with E-state index in [2.05, 4.69) is 0 Å². The van der Waals surface area contributed by atoms with Gasteiger partial charge >= 0.3 is 5.63 Å². The van der Waals surface area contributed by atoms with Gasteiger partial charge in [-0.1, -0.05) is 24.6 Å². The molecule has 0 spiro atoms. The van der Waals surface area contributed by atoms with E-state index in [9.17, 15) is 22.8 Å². The number of fused-ring (bicyclic) bond motifs is 1. The van der Waals surface area contributed by atoms with Gasteiger partial charge in [-0.15, -0.1) is 0 Å². The molecule has 3 aromatic carbocycles. The third kappa shape index (κ3) is 4.86. The molecule has 1 saturated heterocycles. The third-order valence-electron chi connectivity index (χ3n) is 7.99. The Balaban J connectivity index is 1.30. The number of hydrogen-bond acceptors (Lipinski definition) is 7. The van der Waals surface area contributed by atoms with Gasteiger partial charge < -0.3 is 14.1 Å². The molecule has 212 valence electrons. The number of carbonyl (C=O) groups is 2. The van der Waals surface area contributed by atoms with Crippen molar-refractivity contribution in [3.05, 3.63) is 82.2 Å². The summed E-state index contributed by atoms with van der Waals surface area (Å²) in [6, 6.07) is 15.6. The second-order valence-corrected chi connectivity index (χ2v) is 12.4. The van der Waals surface area contributed by atoms with E-state index in [1.807, 2.05) is 24.3 Å². The van der Waals surface area contributed by atoms with E-state index in [1.54, 1.807) is 18.1 Å². The first-order valence-electron chi connectivity index (χ1n) is 13.7. The van der Waals surface area contributed by atoms with Crippen LogP contribution in [0.2, 0.25) is 0 Å². The van der Waals surface area contributed by atoms with E-state index >= 15 is 0 Å². The third-order valence-corrected chi connectivity index (χ3v) is 9.90. The number of amides is 1. The van der Waals surface area contributed by atoms with Crippen LogP contribution in [0.25, 0.3) is 21.7 Å². The summed E-state index contributed by atoms with van der Waals surface area (Å²) >= 11 is 0. The van der Waals surface area contributed by atoms with E-state index < -0.39 is 21.7 Å². The quantitative estimate of drug-likeness (QED) is 0.216. The molecule has 2 aliphatic heterocycles. The van der Waals surface area contributed by atoms with Crippen molar-refractivity contribution < 1.29 is 27.2 Å². The molecule has 2 aliphatic rings. The van der Waals surface area contributed by atoms with Crippen LogP contribution in [0, 0.1) is 0 Å². The van der Waals surface area contributed by atoms with E-state index in [0.717, 1.165) is 28.4 Å². The first-order valence-corrected chi connectivity index (χ1v) is 15.2. The number of ketones is 1. The largest absolute Gasteiger partial charge is 0.423 e. The molecule has 1 unspecified atom stereocenters. The summed E-state index contributed by atoms with van der Waals surface area (Å²) in [5, 5.41) is 2.15. The van der Waals surface area contributed by atoms with Gasteiger partial charge in [-0.2, -0.15) is 4.31 Å². The molecule has 1 amide bonds. The monoisotopic (exact) mass is 574 g/mol. The van der Waals surface area contributed by atoms with Crippen molar-refractivity contribution in [2.24, 2.45) is 0 Å². The molecule has 10 heteroatoms. The van der Waals surface area contributed by atoms with Crippen molar-refractivity contribution in [1.82, 2.24) is 4.31 Å². The predicted octanol–water partition coefficient (Wildman–Crippen LogP) is 4.30. The highest BCUT2D eigenvalue weighted by molar-refractivity contribution is 7.89. The number of ether oxygens (including phenoxy) is 1. The van der Waals surface area contributed by atoms with E-state index in [1.165, 1.54) is 34.6 Å². The lowest BCUT2D eigenvalue weighted by Gasteiger charge is -2.34. The first kappa shape index (κ1) is 27.3. The fraction of sp³-hybridized carbons (Fsp3) is 0.323. The van der Waals surface area contributed by atoms with Crippen LogP contribution in [0.3, 0.4) is 0 Å². The zero-order valence-corrected chi connectivity index (χ0v) is 23.5. The Hall–Kier alpha value is -3.86. The zero-order chi connectivity index (χ0) is 28.7. The number of anilines is 1. The standard InChI is InChI=1S/C31H30N2O7S/c1-39-17-5-15-32-26-12-9-20(23-6-4-7-24(30(23)26)31(32)36)19-27(34)25-8-2-3-16-33(25)41(37,38)22-11-13-28-21(18-22)10-14-29(35)40-28/h4,6-7,9-14,18,25H,2-3,5,8,15-17,19H2,1H3. The number of hydrogen-bond donors (Lipinski definition) is 0. The number of benzene rings is 3. The first-order chi connectivity index (χ1) is 19.8. The van der Waals surface area contributed by atoms with Crippen molar-refractivity contribution in [3.63, 3.8) is 0 Å². The highest BCUT2D eigenvalue weighted by atomic mass is 32.2. The molecule has 6 rings (SSSR count). The minimum Gasteiger partial charge on any atom is -0.423 e. The van der Waals surface area contributed by atoms with Crippen LogP contribution < -0.4 is 10.5 Å². The summed E-state index contributed by atoms with van der Waals surface area (Å²) in [7, 11) is -2.36. The smallest absolute Gasteiger partial charge is 0.336 e. The number of sulfonamides is 1. The van der Waals surface area contributed by atoms with Gasteiger partial charge in [-0.3, -0.25) is 9.59 Å². The number of Topliss-reactive ketones (excluding diaryl/α,β-unsaturated/α-hetero) is 1. The summed E-state index contributed by atoms with van der Waals surface area (Å²) in [5.41, 5.74) is 1.98. The lowest BCUT2D eigenvalue weighted by molar-refractivity contribution is -0.122. The number of rotatable bonds is 9. The normalized spacial score (nSPS) is 17.5. The van der Waals surface area contributed by atoms with Gasteiger partial charge in [-0.05, 0) is 66.6 Å². The minimum atomic E-state index is -3.99. The van der Waals surface area contributed by atoms with Crippen LogP contribution in [0.15, 0.2) is 74.8 Å². The summed E-state index contributed by atoms with van der Waals surface area (Å²) in [5.74, 6) is -0.244. The lowest BCUT2D eigenvalue weighted by Crippen LogP contribution is -2.48. The highest BCUT2D eigenvalue weighted by Gasteiger charge is 2.38. The molecule has 41 heavy (non-hydrogen) atoms. The van der Waals surface area contributed by atoms with Gasteiger partial charge in [0.15, 0.2) is 5.78 Å². The summed E-state index contributed by atoms with van der Waals surface area (Å²) in [6.07, 6.45) is 2.61.